The lowest BCUT2D eigenvalue weighted by Crippen LogP contribution is -2.38. The van der Waals surface area contributed by atoms with E-state index >= 15 is 0 Å². The molecular formula is C13H18F2N6S. The van der Waals surface area contributed by atoms with E-state index < -0.39 is 6.55 Å². The summed E-state index contributed by atoms with van der Waals surface area (Å²) in [6.07, 6.45) is 2.61. The maximum atomic E-state index is 12.8. The van der Waals surface area contributed by atoms with Crippen LogP contribution < -0.4 is 5.32 Å². The van der Waals surface area contributed by atoms with Crippen LogP contribution in [0.2, 0.25) is 0 Å². The molecule has 0 fully saturated rings. The third kappa shape index (κ3) is 4.00. The van der Waals surface area contributed by atoms with E-state index in [1.165, 1.54) is 12.4 Å². The number of imidazole rings is 1. The van der Waals surface area contributed by atoms with Crippen LogP contribution >= 0.6 is 11.3 Å². The summed E-state index contributed by atoms with van der Waals surface area (Å²) in [4.78, 5) is 14.3. The third-order valence-corrected chi connectivity index (χ3v) is 3.83. The first-order valence-corrected chi connectivity index (χ1v) is 7.52. The Morgan fingerprint density at radius 3 is 2.91 bits per heavy atom. The minimum Gasteiger partial charge on any atom is -0.349 e. The van der Waals surface area contributed by atoms with Crippen LogP contribution in [0.4, 0.5) is 8.78 Å². The highest BCUT2D eigenvalue weighted by Gasteiger charge is 2.13. The first-order chi connectivity index (χ1) is 10.5. The van der Waals surface area contributed by atoms with Crippen LogP contribution in [-0.4, -0.2) is 39.5 Å². The summed E-state index contributed by atoms with van der Waals surface area (Å²) < 4.78 is 26.3. The lowest BCUT2D eigenvalue weighted by molar-refractivity contribution is 0.0668. The Kier molecular flexibility index (Phi) is 5.42. The highest BCUT2D eigenvalue weighted by molar-refractivity contribution is 7.09. The number of nitrogens with zero attached hydrogens (tertiary/aromatic N) is 5. The van der Waals surface area contributed by atoms with Gasteiger partial charge in [-0.2, -0.15) is 8.78 Å². The zero-order chi connectivity index (χ0) is 16.1. The van der Waals surface area contributed by atoms with Gasteiger partial charge in [-0.25, -0.2) is 9.97 Å². The van der Waals surface area contributed by atoms with E-state index in [-0.39, 0.29) is 12.4 Å². The maximum Gasteiger partial charge on any atom is 0.319 e. The number of aryl methyl sites for hydroxylation is 1. The second kappa shape index (κ2) is 7.30. The average molecular weight is 328 g/mol. The molecule has 22 heavy (non-hydrogen) atoms. The number of guanidine groups is 1. The molecule has 0 saturated heterocycles. The molecule has 2 heterocycles. The van der Waals surface area contributed by atoms with Crippen molar-refractivity contribution in [2.24, 2.45) is 4.99 Å². The van der Waals surface area contributed by atoms with Gasteiger partial charge < -0.3 is 10.2 Å². The summed E-state index contributed by atoms with van der Waals surface area (Å²) >= 11 is 1.59. The van der Waals surface area contributed by atoms with Crippen LogP contribution in [0.3, 0.4) is 0 Å². The standard InChI is InChI=1S/C13H18F2N6S/c1-9-19-10(8-22-9)7-20(3)13(16-2)18-6-11-17-4-5-21(11)12(14)15/h4-5,8,12H,6-7H2,1-3H3,(H,16,18). The molecule has 0 amide bonds. The summed E-state index contributed by atoms with van der Waals surface area (Å²) in [6.45, 7) is 0.111. The average Bonchev–Trinajstić information content (AvgIpc) is 3.08. The highest BCUT2D eigenvalue weighted by atomic mass is 32.1. The molecule has 0 saturated carbocycles. The zero-order valence-corrected chi connectivity index (χ0v) is 13.4. The number of aromatic nitrogens is 3. The van der Waals surface area contributed by atoms with Gasteiger partial charge in [0.1, 0.15) is 5.82 Å². The molecule has 0 aliphatic carbocycles. The monoisotopic (exact) mass is 328 g/mol. The molecule has 0 radical (unpaired) electrons. The predicted octanol–water partition coefficient (Wildman–Crippen LogP) is 2.25. The molecule has 0 bridgehead atoms. The van der Waals surface area contributed by atoms with Gasteiger partial charge in [0, 0.05) is 31.9 Å². The van der Waals surface area contributed by atoms with E-state index in [0.29, 0.717) is 12.5 Å². The van der Waals surface area contributed by atoms with Crippen LogP contribution in [0.1, 0.15) is 23.1 Å². The van der Waals surface area contributed by atoms with Crippen molar-refractivity contribution in [1.82, 2.24) is 24.8 Å². The smallest absolute Gasteiger partial charge is 0.319 e. The van der Waals surface area contributed by atoms with Crippen molar-refractivity contribution in [2.75, 3.05) is 14.1 Å². The molecule has 6 nitrogen and oxygen atoms in total. The fourth-order valence-electron chi connectivity index (χ4n) is 2.00. The fraction of sp³-hybridized carbons (Fsp3) is 0.462. The molecule has 0 spiro atoms. The van der Waals surface area contributed by atoms with Crippen molar-refractivity contribution in [1.29, 1.82) is 0 Å². The molecule has 0 aliphatic heterocycles. The van der Waals surface area contributed by atoms with Crippen LogP contribution in [0.15, 0.2) is 22.8 Å². The van der Waals surface area contributed by atoms with Gasteiger partial charge in [-0.1, -0.05) is 0 Å². The molecule has 120 valence electrons. The number of halogens is 2. The minimum atomic E-state index is -2.60. The van der Waals surface area contributed by atoms with Gasteiger partial charge in [0.15, 0.2) is 5.96 Å². The molecule has 1 N–H and O–H groups in total. The number of alkyl halides is 2. The summed E-state index contributed by atoms with van der Waals surface area (Å²) in [5.74, 6) is 0.850. The van der Waals surface area contributed by atoms with Crippen molar-refractivity contribution in [3.05, 3.63) is 34.3 Å². The van der Waals surface area contributed by atoms with E-state index in [4.69, 9.17) is 0 Å². The Balaban J connectivity index is 1.96. The normalized spacial score (nSPS) is 12.0. The quantitative estimate of drug-likeness (QED) is 0.676. The number of nitrogens with one attached hydrogen (secondary N) is 1. The van der Waals surface area contributed by atoms with Gasteiger partial charge in [0.25, 0.3) is 0 Å². The Labute approximate surface area is 131 Å². The van der Waals surface area contributed by atoms with Crippen LogP contribution in [-0.2, 0) is 13.1 Å². The van der Waals surface area contributed by atoms with E-state index in [0.717, 1.165) is 15.3 Å². The Morgan fingerprint density at radius 1 is 1.55 bits per heavy atom. The van der Waals surface area contributed by atoms with Crippen molar-refractivity contribution >= 4 is 17.3 Å². The molecule has 2 aromatic heterocycles. The van der Waals surface area contributed by atoms with Gasteiger partial charge in [-0.05, 0) is 6.92 Å². The highest BCUT2D eigenvalue weighted by Crippen LogP contribution is 2.12. The van der Waals surface area contributed by atoms with Crippen LogP contribution in [0.5, 0.6) is 0 Å². The van der Waals surface area contributed by atoms with Crippen molar-refractivity contribution in [3.8, 4) is 0 Å². The van der Waals surface area contributed by atoms with E-state index in [9.17, 15) is 8.78 Å². The molecule has 0 atom stereocenters. The molecule has 0 unspecified atom stereocenters. The molecule has 0 aromatic carbocycles. The second-order valence-corrected chi connectivity index (χ2v) is 5.71. The molecule has 2 rings (SSSR count). The van der Waals surface area contributed by atoms with Gasteiger partial charge in [0.05, 0.1) is 23.8 Å². The first kappa shape index (κ1) is 16.3. The number of hydrogen-bond acceptors (Lipinski definition) is 4. The number of hydrogen-bond donors (Lipinski definition) is 1. The molecule has 9 heteroatoms. The maximum absolute atomic E-state index is 12.8. The molecule has 0 aliphatic rings. The SMILES string of the molecule is CN=C(NCc1nccn1C(F)F)N(C)Cc1csc(C)n1. The first-order valence-electron chi connectivity index (χ1n) is 6.64. The molecule has 2 aromatic rings. The molecular weight excluding hydrogens is 310 g/mol. The topological polar surface area (TPSA) is 58.3 Å². The van der Waals surface area contributed by atoms with Crippen LogP contribution in [0, 0.1) is 6.92 Å². The van der Waals surface area contributed by atoms with Gasteiger partial charge in [0.2, 0.25) is 0 Å². The van der Waals surface area contributed by atoms with Gasteiger partial charge in [-0.3, -0.25) is 9.56 Å². The lowest BCUT2D eigenvalue weighted by atomic mass is 10.4. The predicted molar refractivity (Wildman–Crippen MR) is 82.0 cm³/mol. The largest absolute Gasteiger partial charge is 0.349 e. The summed E-state index contributed by atoms with van der Waals surface area (Å²) in [5.41, 5.74) is 0.946. The number of thiazole rings is 1. The second-order valence-electron chi connectivity index (χ2n) is 4.64. The Hall–Kier alpha value is -2.03. The van der Waals surface area contributed by atoms with E-state index in [1.807, 2.05) is 24.3 Å². The summed E-state index contributed by atoms with van der Waals surface area (Å²) in [6, 6.07) is 0. The van der Waals surface area contributed by atoms with Gasteiger partial charge >= 0.3 is 6.55 Å². The van der Waals surface area contributed by atoms with E-state index in [2.05, 4.69) is 20.3 Å². The van der Waals surface area contributed by atoms with Crippen molar-refractivity contribution in [2.45, 2.75) is 26.6 Å². The summed E-state index contributed by atoms with van der Waals surface area (Å²) in [5, 5.41) is 6.02. The minimum absolute atomic E-state index is 0.171. The van der Waals surface area contributed by atoms with Crippen molar-refractivity contribution < 1.29 is 8.78 Å². The fourth-order valence-corrected chi connectivity index (χ4v) is 2.60. The van der Waals surface area contributed by atoms with Gasteiger partial charge in [-0.15, -0.1) is 11.3 Å². The third-order valence-electron chi connectivity index (χ3n) is 3.00. The summed E-state index contributed by atoms with van der Waals surface area (Å²) in [7, 11) is 3.51. The number of aliphatic imine (C=N–C) groups is 1. The van der Waals surface area contributed by atoms with Crippen molar-refractivity contribution in [3.63, 3.8) is 0 Å². The van der Waals surface area contributed by atoms with Crippen LogP contribution in [0.25, 0.3) is 0 Å². The Morgan fingerprint density at radius 2 is 2.32 bits per heavy atom. The zero-order valence-electron chi connectivity index (χ0n) is 12.6. The lowest BCUT2D eigenvalue weighted by Gasteiger charge is -2.21. The Bertz CT molecular complexity index is 636. The number of rotatable bonds is 5. The van der Waals surface area contributed by atoms with E-state index in [1.54, 1.807) is 18.4 Å².